The van der Waals surface area contributed by atoms with Crippen molar-refractivity contribution >= 4 is 30.1 Å². The molecule has 0 aliphatic carbocycles. The minimum absolute atomic E-state index is 0.316. The number of amides is 1. The van der Waals surface area contributed by atoms with Crippen LogP contribution in [-0.4, -0.2) is 24.5 Å². The molecular weight excluding hydrogens is 278 g/mol. The molecule has 4 nitrogen and oxygen atoms in total. The SMILES string of the molecule is CC(C)(C)OC(=O)NCC=Cc1cc(C=O)ccc1Cl. The summed E-state index contributed by atoms with van der Waals surface area (Å²) in [4.78, 5) is 22.1. The second-order valence-electron chi connectivity index (χ2n) is 5.18. The molecule has 0 spiro atoms. The summed E-state index contributed by atoms with van der Waals surface area (Å²) in [6.07, 6.45) is 3.76. The number of carbonyl (C=O) groups is 2. The van der Waals surface area contributed by atoms with Crippen molar-refractivity contribution in [2.24, 2.45) is 0 Å². The van der Waals surface area contributed by atoms with Gasteiger partial charge < -0.3 is 10.1 Å². The molecule has 20 heavy (non-hydrogen) atoms. The number of alkyl carbamates (subject to hydrolysis) is 1. The van der Waals surface area contributed by atoms with E-state index in [1.165, 1.54) is 0 Å². The molecule has 0 aliphatic rings. The van der Waals surface area contributed by atoms with Crippen molar-refractivity contribution in [1.82, 2.24) is 5.32 Å². The maximum absolute atomic E-state index is 11.4. The maximum atomic E-state index is 11.4. The van der Waals surface area contributed by atoms with Gasteiger partial charge in [0.2, 0.25) is 0 Å². The van der Waals surface area contributed by atoms with Crippen LogP contribution in [0, 0.1) is 0 Å². The summed E-state index contributed by atoms with van der Waals surface area (Å²) < 4.78 is 5.09. The van der Waals surface area contributed by atoms with Gasteiger partial charge in [-0.1, -0.05) is 29.8 Å². The van der Waals surface area contributed by atoms with Crippen molar-refractivity contribution in [2.45, 2.75) is 26.4 Å². The molecule has 0 unspecified atom stereocenters. The van der Waals surface area contributed by atoms with Crippen LogP contribution in [0.15, 0.2) is 24.3 Å². The third-order valence-corrected chi connectivity index (χ3v) is 2.56. The first-order valence-corrected chi connectivity index (χ1v) is 6.58. The Morgan fingerprint density at radius 2 is 2.10 bits per heavy atom. The minimum Gasteiger partial charge on any atom is -0.444 e. The van der Waals surface area contributed by atoms with Crippen molar-refractivity contribution in [2.75, 3.05) is 6.54 Å². The normalized spacial score (nSPS) is 11.4. The van der Waals surface area contributed by atoms with Crippen LogP contribution in [0.4, 0.5) is 4.79 Å². The standard InChI is InChI=1S/C15H18ClNO3/c1-15(2,3)20-14(19)17-8-4-5-12-9-11(10-18)6-7-13(12)16/h4-7,9-10H,8H2,1-3H3,(H,17,19). The van der Waals surface area contributed by atoms with E-state index < -0.39 is 11.7 Å². The Balaban J connectivity index is 2.53. The average molecular weight is 296 g/mol. The number of hydrogen-bond acceptors (Lipinski definition) is 3. The second-order valence-corrected chi connectivity index (χ2v) is 5.59. The largest absolute Gasteiger partial charge is 0.444 e. The molecule has 5 heteroatoms. The van der Waals surface area contributed by atoms with E-state index in [-0.39, 0.29) is 0 Å². The van der Waals surface area contributed by atoms with E-state index in [1.54, 1.807) is 51.1 Å². The highest BCUT2D eigenvalue weighted by Gasteiger charge is 2.14. The van der Waals surface area contributed by atoms with Crippen molar-refractivity contribution < 1.29 is 14.3 Å². The van der Waals surface area contributed by atoms with Gasteiger partial charge in [0.05, 0.1) is 0 Å². The molecular formula is C15H18ClNO3. The van der Waals surface area contributed by atoms with E-state index in [0.29, 0.717) is 17.1 Å². The zero-order chi connectivity index (χ0) is 15.2. The van der Waals surface area contributed by atoms with E-state index in [2.05, 4.69) is 5.32 Å². The highest BCUT2D eigenvalue weighted by atomic mass is 35.5. The predicted octanol–water partition coefficient (Wildman–Crippen LogP) is 3.69. The van der Waals surface area contributed by atoms with Crippen LogP contribution in [0.5, 0.6) is 0 Å². The summed E-state index contributed by atoms with van der Waals surface area (Å²) in [5, 5.41) is 3.14. The van der Waals surface area contributed by atoms with E-state index in [1.807, 2.05) is 0 Å². The third-order valence-electron chi connectivity index (χ3n) is 2.22. The number of carbonyl (C=O) groups excluding carboxylic acids is 2. The monoisotopic (exact) mass is 295 g/mol. The molecule has 1 aromatic carbocycles. The summed E-state index contributed by atoms with van der Waals surface area (Å²) in [5.74, 6) is 0. The number of aldehydes is 1. The second kappa shape index (κ2) is 7.10. The lowest BCUT2D eigenvalue weighted by Crippen LogP contribution is -2.32. The molecule has 0 atom stereocenters. The molecule has 0 aliphatic heterocycles. The smallest absolute Gasteiger partial charge is 0.407 e. The third kappa shape index (κ3) is 5.89. The number of benzene rings is 1. The number of ether oxygens (including phenoxy) is 1. The van der Waals surface area contributed by atoms with Crippen LogP contribution in [0.1, 0.15) is 36.7 Å². The van der Waals surface area contributed by atoms with E-state index >= 15 is 0 Å². The van der Waals surface area contributed by atoms with Crippen molar-refractivity contribution in [3.05, 3.63) is 40.4 Å². The quantitative estimate of drug-likeness (QED) is 0.862. The number of hydrogen-bond donors (Lipinski definition) is 1. The van der Waals surface area contributed by atoms with Crippen LogP contribution in [0.2, 0.25) is 5.02 Å². The van der Waals surface area contributed by atoms with Crippen molar-refractivity contribution in [3.8, 4) is 0 Å². The molecule has 0 bridgehead atoms. The first-order chi connectivity index (χ1) is 9.31. The summed E-state index contributed by atoms with van der Waals surface area (Å²) in [6, 6.07) is 4.98. The molecule has 1 N–H and O–H groups in total. The zero-order valence-electron chi connectivity index (χ0n) is 11.8. The summed E-state index contributed by atoms with van der Waals surface area (Å²) in [7, 11) is 0. The molecule has 108 valence electrons. The zero-order valence-corrected chi connectivity index (χ0v) is 12.5. The molecule has 0 fully saturated rings. The number of halogens is 1. The molecule has 0 radical (unpaired) electrons. The van der Waals surface area contributed by atoms with Crippen molar-refractivity contribution in [1.29, 1.82) is 0 Å². The van der Waals surface area contributed by atoms with Gasteiger partial charge in [0, 0.05) is 17.1 Å². The van der Waals surface area contributed by atoms with E-state index in [9.17, 15) is 9.59 Å². The van der Waals surface area contributed by atoms with Gasteiger partial charge >= 0.3 is 6.09 Å². The topological polar surface area (TPSA) is 55.4 Å². The van der Waals surface area contributed by atoms with Gasteiger partial charge in [-0.15, -0.1) is 0 Å². The predicted molar refractivity (Wildman–Crippen MR) is 80.1 cm³/mol. The fraction of sp³-hybridized carbons (Fsp3) is 0.333. The molecule has 1 aromatic rings. The molecule has 0 saturated heterocycles. The summed E-state index contributed by atoms with van der Waals surface area (Å²) in [6.45, 7) is 5.71. The van der Waals surface area contributed by atoms with Gasteiger partial charge in [-0.25, -0.2) is 4.79 Å². The summed E-state index contributed by atoms with van der Waals surface area (Å²) in [5.41, 5.74) is 0.756. The van der Waals surface area contributed by atoms with Gasteiger partial charge in [-0.05, 0) is 38.5 Å². The lowest BCUT2D eigenvalue weighted by atomic mass is 10.1. The molecule has 0 heterocycles. The van der Waals surface area contributed by atoms with Crippen LogP contribution < -0.4 is 5.32 Å². The van der Waals surface area contributed by atoms with Gasteiger partial charge in [0.25, 0.3) is 0 Å². The van der Waals surface area contributed by atoms with Gasteiger partial charge in [-0.3, -0.25) is 4.79 Å². The van der Waals surface area contributed by atoms with Gasteiger partial charge in [-0.2, -0.15) is 0 Å². The number of rotatable bonds is 4. The Kier molecular flexibility index (Phi) is 5.77. The maximum Gasteiger partial charge on any atom is 0.407 e. The number of nitrogens with one attached hydrogen (secondary N) is 1. The lowest BCUT2D eigenvalue weighted by molar-refractivity contribution is 0.0534. The Morgan fingerprint density at radius 3 is 2.70 bits per heavy atom. The van der Waals surface area contributed by atoms with Crippen LogP contribution in [0.25, 0.3) is 6.08 Å². The Bertz CT molecular complexity index is 518. The summed E-state index contributed by atoms with van der Waals surface area (Å²) >= 11 is 6.00. The van der Waals surface area contributed by atoms with Crippen LogP contribution in [-0.2, 0) is 4.74 Å². The average Bonchev–Trinajstić information content (AvgIpc) is 2.34. The molecule has 0 aromatic heterocycles. The Labute approximate surface area is 123 Å². The Morgan fingerprint density at radius 1 is 1.40 bits per heavy atom. The van der Waals surface area contributed by atoms with E-state index in [0.717, 1.165) is 11.8 Å². The first-order valence-electron chi connectivity index (χ1n) is 6.20. The van der Waals surface area contributed by atoms with Crippen molar-refractivity contribution in [3.63, 3.8) is 0 Å². The highest BCUT2D eigenvalue weighted by Crippen LogP contribution is 2.18. The fourth-order valence-electron chi connectivity index (χ4n) is 1.41. The first kappa shape index (κ1) is 16.2. The lowest BCUT2D eigenvalue weighted by Gasteiger charge is -2.19. The minimum atomic E-state index is -0.518. The van der Waals surface area contributed by atoms with Crippen LogP contribution >= 0.6 is 11.6 Å². The fourth-order valence-corrected chi connectivity index (χ4v) is 1.59. The van der Waals surface area contributed by atoms with Gasteiger partial charge in [0.15, 0.2) is 0 Å². The van der Waals surface area contributed by atoms with Gasteiger partial charge in [0.1, 0.15) is 11.9 Å². The highest BCUT2D eigenvalue weighted by molar-refractivity contribution is 6.32. The Hall–Kier alpha value is -1.81. The van der Waals surface area contributed by atoms with Crippen LogP contribution in [0.3, 0.4) is 0 Å². The molecule has 1 rings (SSSR count). The molecule has 0 saturated carbocycles. The molecule has 1 amide bonds. The van der Waals surface area contributed by atoms with E-state index in [4.69, 9.17) is 16.3 Å².